The van der Waals surface area contributed by atoms with Gasteiger partial charge >= 0.3 is 0 Å². The maximum Gasteiger partial charge on any atom is 0.235 e. The van der Waals surface area contributed by atoms with Gasteiger partial charge in [-0.2, -0.15) is 0 Å². The fourth-order valence-electron chi connectivity index (χ4n) is 6.63. The number of methoxy groups -OCH3 is 1. The van der Waals surface area contributed by atoms with Crippen LogP contribution in [-0.4, -0.2) is 44.2 Å². The number of allylic oxidation sites excluding steroid dienone is 1. The summed E-state index contributed by atoms with van der Waals surface area (Å²) in [5.74, 6) is 1.81. The molecule has 2 atom stereocenters. The van der Waals surface area contributed by atoms with Crippen LogP contribution in [0.25, 0.3) is 5.57 Å². The summed E-state index contributed by atoms with van der Waals surface area (Å²) in [6.45, 7) is 8.30. The topological polar surface area (TPSA) is 76.8 Å². The monoisotopic (exact) mass is 537 g/mol. The summed E-state index contributed by atoms with van der Waals surface area (Å²) in [5.41, 5.74) is 14.3. The molecular weight excluding hydrogens is 498 g/mol. The van der Waals surface area contributed by atoms with Crippen LogP contribution in [-0.2, 0) is 10.2 Å². The zero-order valence-corrected chi connectivity index (χ0v) is 23.8. The molecule has 2 aliphatic heterocycles. The molecule has 0 unspecified atom stereocenters. The predicted molar refractivity (Wildman–Crippen MR) is 161 cm³/mol. The number of nitrogens with two attached hydrogens (primary N) is 1. The summed E-state index contributed by atoms with van der Waals surface area (Å²) >= 11 is 0. The minimum Gasteiger partial charge on any atom is -0.497 e. The first-order valence-corrected chi connectivity index (χ1v) is 14.4. The smallest absolute Gasteiger partial charge is 0.235 e. The summed E-state index contributed by atoms with van der Waals surface area (Å²) in [6, 6.07) is 20.5. The van der Waals surface area contributed by atoms with Gasteiger partial charge in [-0.15, -0.1) is 0 Å². The number of carbonyl (C=O) groups excluding carboxylic acids is 1. The molecule has 6 rings (SSSR count). The van der Waals surface area contributed by atoms with Crippen LogP contribution in [0.4, 0.5) is 11.4 Å². The summed E-state index contributed by atoms with van der Waals surface area (Å²) in [4.78, 5) is 15.6. The molecule has 3 aliphatic rings. The minimum atomic E-state index is -0.541. The lowest BCUT2D eigenvalue weighted by Gasteiger charge is -2.26. The molecule has 208 valence electrons. The van der Waals surface area contributed by atoms with Gasteiger partial charge in [-0.3, -0.25) is 9.69 Å². The molecule has 3 aromatic carbocycles. The number of fused-ring (bicyclic) bond motifs is 2. The van der Waals surface area contributed by atoms with Crippen molar-refractivity contribution in [3.8, 4) is 11.5 Å². The van der Waals surface area contributed by atoms with Crippen molar-refractivity contribution in [3.63, 3.8) is 0 Å². The first kappa shape index (κ1) is 26.5. The highest BCUT2D eigenvalue weighted by Gasteiger charge is 2.65. The van der Waals surface area contributed by atoms with Crippen molar-refractivity contribution >= 4 is 22.9 Å². The van der Waals surface area contributed by atoms with Crippen LogP contribution < -0.4 is 20.5 Å². The largest absolute Gasteiger partial charge is 0.497 e. The van der Waals surface area contributed by atoms with E-state index in [9.17, 15) is 4.79 Å². The van der Waals surface area contributed by atoms with Gasteiger partial charge in [-0.1, -0.05) is 36.3 Å². The number of carbonyl (C=O) groups is 1. The molecule has 6 nitrogen and oxygen atoms in total. The average Bonchev–Trinajstić information content (AvgIpc) is 3.66. The highest BCUT2D eigenvalue weighted by Crippen LogP contribution is 2.65. The highest BCUT2D eigenvalue weighted by atomic mass is 16.5. The van der Waals surface area contributed by atoms with Crippen molar-refractivity contribution in [1.82, 2.24) is 4.90 Å². The lowest BCUT2D eigenvalue weighted by Crippen LogP contribution is -2.33. The molecule has 1 saturated carbocycles. The van der Waals surface area contributed by atoms with Crippen LogP contribution in [0.15, 0.2) is 66.2 Å². The Morgan fingerprint density at radius 3 is 2.45 bits per heavy atom. The van der Waals surface area contributed by atoms with E-state index in [2.05, 4.69) is 66.5 Å². The van der Waals surface area contributed by atoms with E-state index in [0.717, 1.165) is 63.7 Å². The van der Waals surface area contributed by atoms with Crippen molar-refractivity contribution in [2.45, 2.75) is 50.9 Å². The van der Waals surface area contributed by atoms with E-state index in [1.165, 1.54) is 37.9 Å². The second-order valence-electron chi connectivity index (χ2n) is 11.6. The van der Waals surface area contributed by atoms with Gasteiger partial charge in [0.25, 0.3) is 0 Å². The molecule has 3 aromatic rings. The number of nitrogens with zero attached hydrogens (tertiary/aromatic N) is 1. The van der Waals surface area contributed by atoms with E-state index < -0.39 is 5.41 Å². The van der Waals surface area contributed by atoms with Gasteiger partial charge in [-0.25, -0.2) is 0 Å². The Morgan fingerprint density at radius 2 is 1.75 bits per heavy atom. The van der Waals surface area contributed by atoms with Crippen LogP contribution in [0.2, 0.25) is 0 Å². The molecule has 1 amide bonds. The number of hydrogen-bond donors (Lipinski definition) is 2. The zero-order valence-electron chi connectivity index (χ0n) is 23.8. The van der Waals surface area contributed by atoms with Crippen molar-refractivity contribution in [2.75, 3.05) is 44.4 Å². The molecular formula is C34H39N3O3. The fourth-order valence-corrected chi connectivity index (χ4v) is 6.63. The minimum absolute atomic E-state index is 0.0617. The number of nitrogen functional groups attached to an aromatic ring is 1. The van der Waals surface area contributed by atoms with E-state index in [1.807, 2.05) is 18.2 Å². The quantitative estimate of drug-likeness (QED) is 0.327. The first-order chi connectivity index (χ1) is 19.4. The van der Waals surface area contributed by atoms with Gasteiger partial charge in [0.15, 0.2) is 0 Å². The maximum absolute atomic E-state index is 13.1. The van der Waals surface area contributed by atoms with Crippen molar-refractivity contribution in [3.05, 3.63) is 88.5 Å². The first-order valence-electron chi connectivity index (χ1n) is 14.4. The summed E-state index contributed by atoms with van der Waals surface area (Å²) in [7, 11) is 1.65. The van der Waals surface area contributed by atoms with Gasteiger partial charge in [0.2, 0.25) is 5.91 Å². The third-order valence-corrected chi connectivity index (χ3v) is 8.84. The van der Waals surface area contributed by atoms with Crippen LogP contribution in [0.5, 0.6) is 11.5 Å². The third kappa shape index (κ3) is 4.75. The lowest BCUT2D eigenvalue weighted by atomic mass is 9.89. The van der Waals surface area contributed by atoms with Crippen LogP contribution >= 0.6 is 0 Å². The predicted octanol–water partition coefficient (Wildman–Crippen LogP) is 6.36. The SMILES string of the molecule is COc1ccc2c(c1)[C@]1(C[C@H]1c1ccc(C(=C(C)C)c3ccc(OCCN4CCCCC4)cc3)c(N)c1)C(=O)N2. The Bertz CT molecular complexity index is 1450. The second-order valence-corrected chi connectivity index (χ2v) is 11.6. The van der Waals surface area contributed by atoms with E-state index >= 15 is 0 Å². The number of piperidine rings is 1. The molecule has 40 heavy (non-hydrogen) atoms. The van der Waals surface area contributed by atoms with Crippen molar-refractivity contribution < 1.29 is 14.3 Å². The number of amides is 1. The van der Waals surface area contributed by atoms with E-state index in [1.54, 1.807) is 7.11 Å². The number of ether oxygens (including phenoxy) is 2. The van der Waals surface area contributed by atoms with Crippen molar-refractivity contribution in [1.29, 1.82) is 0 Å². The summed E-state index contributed by atoms with van der Waals surface area (Å²) < 4.78 is 11.5. The molecule has 0 bridgehead atoms. The van der Waals surface area contributed by atoms with Gasteiger partial charge in [0.05, 0.1) is 12.5 Å². The zero-order chi connectivity index (χ0) is 27.9. The van der Waals surface area contributed by atoms with Gasteiger partial charge < -0.3 is 20.5 Å². The highest BCUT2D eigenvalue weighted by molar-refractivity contribution is 6.10. The third-order valence-electron chi connectivity index (χ3n) is 8.84. The molecule has 1 spiro atoms. The Balaban J connectivity index is 1.18. The number of rotatable bonds is 8. The second kappa shape index (κ2) is 10.7. The number of anilines is 2. The van der Waals surface area contributed by atoms with Gasteiger partial charge in [0, 0.05) is 29.4 Å². The Labute approximate surface area is 237 Å². The van der Waals surface area contributed by atoms with Crippen molar-refractivity contribution in [2.24, 2.45) is 0 Å². The van der Waals surface area contributed by atoms with Crippen LogP contribution in [0.3, 0.4) is 0 Å². The molecule has 2 heterocycles. The molecule has 0 radical (unpaired) electrons. The molecule has 3 N–H and O–H groups in total. The van der Waals surface area contributed by atoms with Gasteiger partial charge in [0.1, 0.15) is 18.1 Å². The number of benzene rings is 3. The maximum atomic E-state index is 13.1. The van der Waals surface area contributed by atoms with Crippen LogP contribution in [0.1, 0.15) is 67.7 Å². The number of nitrogens with one attached hydrogen (secondary N) is 1. The number of likely N-dealkylation sites (tertiary alicyclic amines) is 1. The molecule has 1 aliphatic carbocycles. The lowest BCUT2D eigenvalue weighted by molar-refractivity contribution is -0.118. The molecule has 1 saturated heterocycles. The van der Waals surface area contributed by atoms with Gasteiger partial charge in [-0.05, 0) is 105 Å². The average molecular weight is 538 g/mol. The summed E-state index contributed by atoms with van der Waals surface area (Å²) in [6.07, 6.45) is 4.71. The molecule has 6 heteroatoms. The van der Waals surface area contributed by atoms with E-state index in [0.29, 0.717) is 6.61 Å². The Hall–Kier alpha value is -3.77. The summed E-state index contributed by atoms with van der Waals surface area (Å²) in [5, 5.41) is 3.07. The van der Waals surface area contributed by atoms with E-state index in [-0.39, 0.29) is 11.8 Å². The van der Waals surface area contributed by atoms with E-state index in [4.69, 9.17) is 15.2 Å². The molecule has 0 aromatic heterocycles. The molecule has 2 fully saturated rings. The number of hydrogen-bond acceptors (Lipinski definition) is 5. The standard InChI is InChI=1S/C34H39N3O3/c1-22(2)32(23-7-10-25(11-8-23)40-18-17-37-15-5-4-6-16-37)27-13-9-24(19-30(27)35)29-21-34(29)28-20-26(39-3)12-14-31(28)36-33(34)38/h7-14,19-20,29H,4-6,15-18,21,35H2,1-3H3,(H,36,38)/t29-,34-/m0/s1. The fraction of sp³-hybridized carbons (Fsp3) is 0.382. The Morgan fingerprint density at radius 1 is 1.00 bits per heavy atom. The van der Waals surface area contributed by atoms with Crippen LogP contribution in [0, 0.1) is 0 Å². The normalized spacial score (nSPS) is 21.6. The Kier molecular flexibility index (Phi) is 7.05.